The molecule has 1 aromatic heterocycles. The molecule has 66 valence electrons. The molecule has 0 bridgehead atoms. The van der Waals surface area contributed by atoms with E-state index < -0.39 is 21.8 Å². The Hall–Kier alpha value is -0.190. The minimum atomic E-state index is -1.18. The SMILES string of the molecule is Fc1nc(C(Cl)Cl)nc(F)c1Cl. The molecule has 12 heavy (non-hydrogen) atoms. The molecule has 1 aromatic rings. The van der Waals surface area contributed by atoms with E-state index >= 15 is 0 Å². The van der Waals surface area contributed by atoms with E-state index in [9.17, 15) is 8.78 Å². The van der Waals surface area contributed by atoms with E-state index in [1.807, 2.05) is 0 Å². The van der Waals surface area contributed by atoms with Crippen molar-refractivity contribution in [1.82, 2.24) is 9.97 Å². The number of aromatic nitrogens is 2. The van der Waals surface area contributed by atoms with Gasteiger partial charge in [0.25, 0.3) is 0 Å². The van der Waals surface area contributed by atoms with Gasteiger partial charge in [0.2, 0.25) is 11.9 Å². The molecule has 7 heteroatoms. The zero-order valence-electron chi connectivity index (χ0n) is 5.36. The predicted molar refractivity (Wildman–Crippen MR) is 41.4 cm³/mol. The van der Waals surface area contributed by atoms with Crippen molar-refractivity contribution in [3.05, 3.63) is 22.7 Å². The van der Waals surface area contributed by atoms with E-state index in [1.165, 1.54) is 0 Å². The number of rotatable bonds is 1. The summed E-state index contributed by atoms with van der Waals surface area (Å²) in [6, 6.07) is 0. The van der Waals surface area contributed by atoms with Crippen LogP contribution in [0.25, 0.3) is 0 Å². The average Bonchev–Trinajstić information content (AvgIpc) is 1.99. The summed E-state index contributed by atoms with van der Waals surface area (Å²) in [7, 11) is 0. The lowest BCUT2D eigenvalue weighted by molar-refractivity contribution is 0.517. The second kappa shape index (κ2) is 3.68. The first-order valence-corrected chi connectivity index (χ1v) is 3.94. The van der Waals surface area contributed by atoms with Gasteiger partial charge in [-0.1, -0.05) is 34.8 Å². The van der Waals surface area contributed by atoms with E-state index in [-0.39, 0.29) is 5.82 Å². The minimum absolute atomic E-state index is 0.349. The van der Waals surface area contributed by atoms with Crippen molar-refractivity contribution in [2.24, 2.45) is 0 Å². The van der Waals surface area contributed by atoms with Crippen molar-refractivity contribution >= 4 is 34.8 Å². The summed E-state index contributed by atoms with van der Waals surface area (Å²) in [5.74, 6) is -2.70. The van der Waals surface area contributed by atoms with Crippen molar-refractivity contribution in [1.29, 1.82) is 0 Å². The van der Waals surface area contributed by atoms with E-state index in [0.29, 0.717) is 0 Å². The Labute approximate surface area is 81.5 Å². The lowest BCUT2D eigenvalue weighted by atomic mass is 10.6. The van der Waals surface area contributed by atoms with Crippen LogP contribution in [-0.4, -0.2) is 9.97 Å². The Bertz CT molecular complexity index is 282. The highest BCUT2D eigenvalue weighted by Crippen LogP contribution is 2.23. The number of nitrogens with zero attached hydrogens (tertiary/aromatic N) is 2. The van der Waals surface area contributed by atoms with Gasteiger partial charge in [-0.2, -0.15) is 8.78 Å². The smallest absolute Gasteiger partial charge is 0.200 e. The molecular formula is C5HCl3F2N2. The quantitative estimate of drug-likeness (QED) is 0.550. The van der Waals surface area contributed by atoms with Gasteiger partial charge >= 0.3 is 0 Å². The van der Waals surface area contributed by atoms with Crippen molar-refractivity contribution < 1.29 is 8.78 Å². The van der Waals surface area contributed by atoms with Crippen LogP contribution in [0, 0.1) is 11.9 Å². The van der Waals surface area contributed by atoms with Gasteiger partial charge in [0.15, 0.2) is 15.7 Å². The highest BCUT2D eigenvalue weighted by molar-refractivity contribution is 6.43. The maximum atomic E-state index is 12.6. The van der Waals surface area contributed by atoms with Crippen LogP contribution in [0.5, 0.6) is 0 Å². The monoisotopic (exact) mass is 232 g/mol. The molecule has 0 unspecified atom stereocenters. The fourth-order valence-corrected chi connectivity index (χ4v) is 0.787. The Balaban J connectivity index is 3.21. The number of hydrogen-bond acceptors (Lipinski definition) is 2. The van der Waals surface area contributed by atoms with E-state index in [4.69, 9.17) is 34.8 Å². The Morgan fingerprint density at radius 2 is 1.50 bits per heavy atom. The topological polar surface area (TPSA) is 25.8 Å². The van der Waals surface area contributed by atoms with Crippen molar-refractivity contribution in [2.45, 2.75) is 4.84 Å². The molecule has 0 radical (unpaired) electrons. The second-order valence-corrected chi connectivity index (χ2v) is 3.25. The Kier molecular flexibility index (Phi) is 3.04. The summed E-state index contributed by atoms with van der Waals surface area (Å²) in [4.78, 5) is 5.06. The lowest BCUT2D eigenvalue weighted by Crippen LogP contribution is -2.01. The molecule has 1 rings (SSSR count). The van der Waals surface area contributed by atoms with Crippen LogP contribution in [0.4, 0.5) is 8.78 Å². The summed E-state index contributed by atoms with van der Waals surface area (Å²) in [5, 5.41) is -0.771. The molecule has 0 amide bonds. The van der Waals surface area contributed by atoms with Gasteiger partial charge < -0.3 is 0 Å². The van der Waals surface area contributed by atoms with Crippen LogP contribution in [0.15, 0.2) is 0 Å². The van der Waals surface area contributed by atoms with Gasteiger partial charge in [0, 0.05) is 0 Å². The highest BCUT2D eigenvalue weighted by Gasteiger charge is 2.15. The summed E-state index contributed by atoms with van der Waals surface area (Å²) in [5.41, 5.74) is 0. The third kappa shape index (κ3) is 1.94. The first-order valence-electron chi connectivity index (χ1n) is 2.69. The average molecular weight is 233 g/mol. The van der Waals surface area contributed by atoms with E-state index in [0.717, 1.165) is 0 Å². The van der Waals surface area contributed by atoms with Gasteiger partial charge in [-0.05, 0) is 0 Å². The molecule has 0 fully saturated rings. The first kappa shape index (κ1) is 9.89. The van der Waals surface area contributed by atoms with Crippen molar-refractivity contribution in [3.63, 3.8) is 0 Å². The maximum absolute atomic E-state index is 12.6. The zero-order chi connectivity index (χ0) is 9.30. The van der Waals surface area contributed by atoms with Crippen LogP contribution >= 0.6 is 34.8 Å². The van der Waals surface area contributed by atoms with Crippen molar-refractivity contribution in [2.75, 3.05) is 0 Å². The molecule has 0 aliphatic carbocycles. The molecule has 1 heterocycles. The van der Waals surface area contributed by atoms with Crippen LogP contribution in [-0.2, 0) is 0 Å². The lowest BCUT2D eigenvalue weighted by Gasteiger charge is -2.00. The summed E-state index contributed by atoms with van der Waals surface area (Å²) >= 11 is 15.6. The van der Waals surface area contributed by atoms with Gasteiger partial charge in [-0.15, -0.1) is 0 Å². The Morgan fingerprint density at radius 1 is 1.08 bits per heavy atom. The normalized spacial score (nSPS) is 10.8. The molecule has 0 aromatic carbocycles. The third-order valence-electron chi connectivity index (χ3n) is 0.983. The molecule has 0 N–H and O–H groups in total. The first-order chi connectivity index (χ1) is 5.52. The molecule has 0 saturated carbocycles. The van der Waals surface area contributed by atoms with Gasteiger partial charge in [-0.25, -0.2) is 9.97 Å². The molecule has 0 aliphatic rings. The Morgan fingerprint density at radius 3 is 1.83 bits per heavy atom. The molecule has 0 atom stereocenters. The molecule has 0 aliphatic heterocycles. The fraction of sp³-hybridized carbons (Fsp3) is 0.200. The van der Waals surface area contributed by atoms with Crippen molar-refractivity contribution in [3.8, 4) is 0 Å². The van der Waals surface area contributed by atoms with E-state index in [1.54, 1.807) is 0 Å². The third-order valence-corrected chi connectivity index (χ3v) is 1.69. The van der Waals surface area contributed by atoms with Crippen LogP contribution < -0.4 is 0 Å². The number of halogens is 5. The highest BCUT2D eigenvalue weighted by atomic mass is 35.5. The van der Waals surface area contributed by atoms with Crippen LogP contribution in [0.2, 0.25) is 5.02 Å². The maximum Gasteiger partial charge on any atom is 0.238 e. The number of hydrogen-bond donors (Lipinski definition) is 0. The predicted octanol–water partition coefficient (Wildman–Crippen LogP) is 2.88. The summed E-state index contributed by atoms with van der Waals surface area (Å²) < 4.78 is 25.1. The van der Waals surface area contributed by atoms with E-state index in [2.05, 4.69) is 9.97 Å². The van der Waals surface area contributed by atoms with Gasteiger partial charge in [0.1, 0.15) is 0 Å². The summed E-state index contributed by atoms with van der Waals surface area (Å²) in [6.07, 6.45) is 0. The fourth-order valence-electron chi connectivity index (χ4n) is 0.507. The molecule has 2 nitrogen and oxygen atoms in total. The summed E-state index contributed by atoms with van der Waals surface area (Å²) in [6.45, 7) is 0. The second-order valence-electron chi connectivity index (χ2n) is 1.78. The van der Waals surface area contributed by atoms with Gasteiger partial charge in [-0.3, -0.25) is 0 Å². The molecule has 0 spiro atoms. The number of alkyl halides is 2. The molecular weight excluding hydrogens is 232 g/mol. The van der Waals surface area contributed by atoms with Crippen LogP contribution in [0.1, 0.15) is 10.7 Å². The zero-order valence-corrected chi connectivity index (χ0v) is 7.63. The minimum Gasteiger partial charge on any atom is -0.200 e. The van der Waals surface area contributed by atoms with Gasteiger partial charge in [0.05, 0.1) is 0 Å². The van der Waals surface area contributed by atoms with Crippen LogP contribution in [0.3, 0.4) is 0 Å². The standard InChI is InChI=1S/C5HCl3F2N2/c6-1-3(9)11-5(2(7)8)12-4(1)10/h2H. The molecule has 0 saturated heterocycles. The largest absolute Gasteiger partial charge is 0.238 e.